The van der Waals surface area contributed by atoms with Crippen LogP contribution in [-0.2, 0) is 0 Å². The molecule has 1 aromatic heterocycles. The van der Waals surface area contributed by atoms with E-state index in [2.05, 4.69) is 9.97 Å². The molecule has 0 aliphatic heterocycles. The topological polar surface area (TPSA) is 75.0 Å². The minimum atomic E-state index is -0.531. The van der Waals surface area contributed by atoms with Gasteiger partial charge in [-0.1, -0.05) is 6.07 Å². The van der Waals surface area contributed by atoms with E-state index in [0.717, 1.165) is 5.56 Å². The van der Waals surface area contributed by atoms with Crippen LogP contribution in [0, 0.1) is 6.92 Å². The lowest BCUT2D eigenvalue weighted by atomic mass is 10.1. The Morgan fingerprint density at radius 3 is 2.60 bits per heavy atom. The van der Waals surface area contributed by atoms with E-state index >= 15 is 0 Å². The van der Waals surface area contributed by atoms with Gasteiger partial charge in [0.2, 0.25) is 0 Å². The van der Waals surface area contributed by atoms with Crippen molar-refractivity contribution in [3.05, 3.63) is 38.5 Å². The van der Waals surface area contributed by atoms with Crippen LogP contribution in [0.1, 0.15) is 5.56 Å². The second kappa shape index (κ2) is 3.27. The number of aromatic amines is 2. The molecule has 2 N–H and O–H groups in total. The number of ether oxygens (including phenoxy) is 1. The van der Waals surface area contributed by atoms with Gasteiger partial charge in [0.05, 0.1) is 18.0 Å². The van der Waals surface area contributed by atoms with Crippen LogP contribution in [0.25, 0.3) is 10.9 Å². The molecular weight excluding hydrogens is 196 g/mol. The first-order valence-electron chi connectivity index (χ1n) is 4.43. The second-order valence-corrected chi connectivity index (χ2v) is 3.25. The molecule has 0 unspecified atom stereocenters. The number of H-pyrrole nitrogens is 2. The summed E-state index contributed by atoms with van der Waals surface area (Å²) in [5, 5.41) is 0.414. The van der Waals surface area contributed by atoms with E-state index in [4.69, 9.17) is 4.74 Å². The predicted octanol–water partition coefficient (Wildman–Crippen LogP) is 0.533. The summed E-state index contributed by atoms with van der Waals surface area (Å²) in [4.78, 5) is 27.3. The Morgan fingerprint density at radius 2 is 1.93 bits per heavy atom. The third-order valence-electron chi connectivity index (χ3n) is 2.27. The number of fused-ring (bicyclic) bond motifs is 1. The van der Waals surface area contributed by atoms with Gasteiger partial charge in [0.15, 0.2) is 0 Å². The fraction of sp³-hybridized carbons (Fsp3) is 0.200. The van der Waals surface area contributed by atoms with Crippen LogP contribution in [0.2, 0.25) is 0 Å². The van der Waals surface area contributed by atoms with E-state index in [1.165, 1.54) is 7.11 Å². The van der Waals surface area contributed by atoms with E-state index in [-0.39, 0.29) is 0 Å². The third kappa shape index (κ3) is 1.41. The van der Waals surface area contributed by atoms with Gasteiger partial charge >= 0.3 is 5.69 Å². The summed E-state index contributed by atoms with van der Waals surface area (Å²) in [7, 11) is 1.50. The summed E-state index contributed by atoms with van der Waals surface area (Å²) in [5.74, 6) is 0.524. The van der Waals surface area contributed by atoms with E-state index in [9.17, 15) is 9.59 Å². The number of aryl methyl sites for hydroxylation is 1. The Balaban J connectivity index is 3.04. The first kappa shape index (κ1) is 9.51. The zero-order valence-electron chi connectivity index (χ0n) is 8.38. The Bertz CT molecular complexity index is 625. The summed E-state index contributed by atoms with van der Waals surface area (Å²) >= 11 is 0. The van der Waals surface area contributed by atoms with Gasteiger partial charge in [-0.3, -0.25) is 9.78 Å². The van der Waals surface area contributed by atoms with Crippen molar-refractivity contribution in [2.75, 3.05) is 7.11 Å². The van der Waals surface area contributed by atoms with Crippen LogP contribution in [0.5, 0.6) is 5.75 Å². The molecule has 0 fully saturated rings. The van der Waals surface area contributed by atoms with Crippen molar-refractivity contribution in [1.82, 2.24) is 9.97 Å². The second-order valence-electron chi connectivity index (χ2n) is 3.25. The lowest BCUT2D eigenvalue weighted by Crippen LogP contribution is -2.22. The van der Waals surface area contributed by atoms with Gasteiger partial charge in [-0.05, 0) is 18.6 Å². The zero-order chi connectivity index (χ0) is 11.0. The molecule has 5 nitrogen and oxygen atoms in total. The highest BCUT2D eigenvalue weighted by Gasteiger charge is 2.08. The monoisotopic (exact) mass is 206 g/mol. The van der Waals surface area contributed by atoms with Crippen LogP contribution < -0.4 is 16.0 Å². The SMILES string of the molecule is COc1c(C)ccc2c(=O)[nH]c(=O)[nH]c12. The maximum Gasteiger partial charge on any atom is 0.326 e. The van der Waals surface area contributed by atoms with Crippen LogP contribution in [0.15, 0.2) is 21.7 Å². The fourth-order valence-corrected chi connectivity index (χ4v) is 1.58. The fourth-order valence-electron chi connectivity index (χ4n) is 1.58. The number of benzene rings is 1. The van der Waals surface area contributed by atoms with Crippen LogP contribution in [0.3, 0.4) is 0 Å². The lowest BCUT2D eigenvalue weighted by molar-refractivity contribution is 0.415. The van der Waals surface area contributed by atoms with Crippen LogP contribution in [0.4, 0.5) is 0 Å². The number of hydrogen-bond donors (Lipinski definition) is 2. The molecule has 2 rings (SSSR count). The van der Waals surface area contributed by atoms with Crippen molar-refractivity contribution in [2.45, 2.75) is 6.92 Å². The Labute approximate surface area is 84.7 Å². The Morgan fingerprint density at radius 1 is 1.20 bits per heavy atom. The summed E-state index contributed by atoms with van der Waals surface area (Å²) in [6.07, 6.45) is 0. The van der Waals surface area contributed by atoms with Crippen molar-refractivity contribution in [3.8, 4) is 5.75 Å². The Hall–Kier alpha value is -2.04. The van der Waals surface area contributed by atoms with Gasteiger partial charge in [-0.2, -0.15) is 0 Å². The molecule has 0 aliphatic carbocycles. The third-order valence-corrected chi connectivity index (χ3v) is 2.27. The Kier molecular flexibility index (Phi) is 2.07. The van der Waals surface area contributed by atoms with E-state index in [1.807, 2.05) is 6.92 Å². The molecule has 0 radical (unpaired) electrons. The molecular formula is C10H10N2O3. The van der Waals surface area contributed by atoms with Crippen molar-refractivity contribution < 1.29 is 4.74 Å². The molecule has 5 heteroatoms. The largest absolute Gasteiger partial charge is 0.494 e. The first-order valence-corrected chi connectivity index (χ1v) is 4.43. The highest BCUT2D eigenvalue weighted by molar-refractivity contribution is 5.84. The molecule has 2 aromatic rings. The van der Waals surface area contributed by atoms with Gasteiger partial charge in [0, 0.05) is 0 Å². The average molecular weight is 206 g/mol. The highest BCUT2D eigenvalue weighted by Crippen LogP contribution is 2.24. The van der Waals surface area contributed by atoms with E-state index in [0.29, 0.717) is 16.7 Å². The van der Waals surface area contributed by atoms with Gasteiger partial charge in [-0.25, -0.2) is 4.79 Å². The quantitative estimate of drug-likeness (QED) is 0.714. The maximum atomic E-state index is 11.4. The van der Waals surface area contributed by atoms with Gasteiger partial charge in [0.1, 0.15) is 5.75 Å². The molecule has 15 heavy (non-hydrogen) atoms. The number of rotatable bonds is 1. The van der Waals surface area contributed by atoms with Crippen LogP contribution in [-0.4, -0.2) is 17.1 Å². The van der Waals surface area contributed by atoms with Crippen molar-refractivity contribution in [1.29, 1.82) is 0 Å². The smallest absolute Gasteiger partial charge is 0.326 e. The number of aromatic nitrogens is 2. The van der Waals surface area contributed by atoms with E-state index < -0.39 is 11.2 Å². The zero-order valence-corrected chi connectivity index (χ0v) is 8.38. The molecule has 0 spiro atoms. The molecule has 0 amide bonds. The molecule has 1 heterocycles. The summed E-state index contributed by atoms with van der Waals surface area (Å²) in [6, 6.07) is 3.43. The van der Waals surface area contributed by atoms with Gasteiger partial charge in [-0.15, -0.1) is 0 Å². The number of methoxy groups -OCH3 is 1. The first-order chi connectivity index (χ1) is 7.13. The van der Waals surface area contributed by atoms with Crippen molar-refractivity contribution in [2.24, 2.45) is 0 Å². The summed E-state index contributed by atoms with van der Waals surface area (Å²) in [5.41, 5.74) is 0.362. The normalized spacial score (nSPS) is 10.5. The van der Waals surface area contributed by atoms with Gasteiger partial charge < -0.3 is 9.72 Å². The maximum absolute atomic E-state index is 11.4. The van der Waals surface area contributed by atoms with Crippen molar-refractivity contribution >= 4 is 10.9 Å². The molecule has 0 aliphatic rings. The van der Waals surface area contributed by atoms with Crippen molar-refractivity contribution in [3.63, 3.8) is 0 Å². The minimum Gasteiger partial charge on any atom is -0.494 e. The summed E-state index contributed by atoms with van der Waals surface area (Å²) < 4.78 is 5.15. The average Bonchev–Trinajstić information content (AvgIpc) is 2.17. The lowest BCUT2D eigenvalue weighted by Gasteiger charge is -2.07. The highest BCUT2D eigenvalue weighted by atomic mass is 16.5. The molecule has 0 saturated carbocycles. The predicted molar refractivity (Wildman–Crippen MR) is 56.5 cm³/mol. The molecule has 1 aromatic carbocycles. The molecule has 0 atom stereocenters. The van der Waals surface area contributed by atoms with E-state index in [1.54, 1.807) is 12.1 Å². The van der Waals surface area contributed by atoms with Crippen LogP contribution >= 0.6 is 0 Å². The molecule has 78 valence electrons. The number of hydrogen-bond acceptors (Lipinski definition) is 3. The standard InChI is InChI=1S/C10H10N2O3/c1-5-3-4-6-7(8(5)15-2)11-10(14)12-9(6)13/h3-4H,1-2H3,(H2,11,12,13,14). The van der Waals surface area contributed by atoms with Gasteiger partial charge in [0.25, 0.3) is 5.56 Å². The summed E-state index contributed by atoms with van der Waals surface area (Å²) in [6.45, 7) is 1.85. The molecule has 0 saturated heterocycles. The number of nitrogens with one attached hydrogen (secondary N) is 2. The molecule has 0 bridgehead atoms. The minimum absolute atomic E-state index is 0.410.